The van der Waals surface area contributed by atoms with Crippen molar-refractivity contribution >= 4 is 17.7 Å². The fourth-order valence-corrected chi connectivity index (χ4v) is 1.91. The summed E-state index contributed by atoms with van der Waals surface area (Å²) in [6.07, 6.45) is 0. The van der Waals surface area contributed by atoms with Crippen LogP contribution in [0, 0.1) is 26.2 Å². The van der Waals surface area contributed by atoms with Crippen molar-refractivity contribution < 1.29 is 14.7 Å². The van der Waals surface area contributed by atoms with Gasteiger partial charge in [-0.05, 0) is 45.7 Å². The molecule has 0 unspecified atom stereocenters. The first kappa shape index (κ1) is 16.0. The number of carbonyl (C=O) groups excluding carboxylic acids is 1. The first-order valence-electron chi connectivity index (χ1n) is 6.49. The summed E-state index contributed by atoms with van der Waals surface area (Å²) in [5.41, 5.74) is 2.87. The lowest BCUT2D eigenvalue weighted by Crippen LogP contribution is -2.40. The van der Waals surface area contributed by atoms with E-state index in [-0.39, 0.29) is 6.54 Å². The van der Waals surface area contributed by atoms with E-state index in [0.717, 1.165) is 22.4 Å². The predicted octanol–water partition coefficient (Wildman–Crippen LogP) is 2.84. The SMILES string of the molecule is Cc1cc(C)c(NC(=O)NCC(C)(C)C(=O)O)c(C)c1. The first-order chi connectivity index (χ1) is 9.13. The molecule has 0 aliphatic heterocycles. The van der Waals surface area contributed by atoms with Gasteiger partial charge < -0.3 is 15.7 Å². The molecule has 3 N–H and O–H groups in total. The molecule has 0 saturated heterocycles. The molecule has 0 atom stereocenters. The summed E-state index contributed by atoms with van der Waals surface area (Å²) < 4.78 is 0. The Morgan fingerprint density at radius 3 is 2.10 bits per heavy atom. The maximum Gasteiger partial charge on any atom is 0.319 e. The van der Waals surface area contributed by atoms with Gasteiger partial charge in [-0.2, -0.15) is 0 Å². The molecule has 2 amide bonds. The summed E-state index contributed by atoms with van der Waals surface area (Å²) in [4.78, 5) is 22.8. The largest absolute Gasteiger partial charge is 0.481 e. The van der Waals surface area contributed by atoms with E-state index in [2.05, 4.69) is 10.6 Å². The number of nitrogens with one attached hydrogen (secondary N) is 2. The van der Waals surface area contributed by atoms with Crippen LogP contribution in [0.5, 0.6) is 0 Å². The Kier molecular flexibility index (Phi) is 4.76. The van der Waals surface area contributed by atoms with E-state index in [1.807, 2.05) is 32.9 Å². The first-order valence-corrected chi connectivity index (χ1v) is 6.49. The Balaban J connectivity index is 2.71. The van der Waals surface area contributed by atoms with E-state index in [1.165, 1.54) is 0 Å². The van der Waals surface area contributed by atoms with E-state index in [0.29, 0.717) is 0 Å². The highest BCUT2D eigenvalue weighted by atomic mass is 16.4. The molecule has 0 aliphatic carbocycles. The van der Waals surface area contributed by atoms with E-state index in [4.69, 9.17) is 5.11 Å². The minimum Gasteiger partial charge on any atom is -0.481 e. The van der Waals surface area contributed by atoms with Crippen LogP contribution in [-0.4, -0.2) is 23.7 Å². The summed E-state index contributed by atoms with van der Waals surface area (Å²) in [6.45, 7) is 9.06. The number of carboxylic acid groups (broad SMARTS) is 1. The summed E-state index contributed by atoms with van der Waals surface area (Å²) >= 11 is 0. The van der Waals surface area contributed by atoms with Crippen molar-refractivity contribution in [3.05, 3.63) is 28.8 Å². The van der Waals surface area contributed by atoms with Crippen LogP contribution < -0.4 is 10.6 Å². The molecule has 0 spiro atoms. The highest BCUT2D eigenvalue weighted by Crippen LogP contribution is 2.21. The van der Waals surface area contributed by atoms with E-state index in [9.17, 15) is 9.59 Å². The monoisotopic (exact) mass is 278 g/mol. The van der Waals surface area contributed by atoms with Crippen molar-refractivity contribution in [2.45, 2.75) is 34.6 Å². The summed E-state index contributed by atoms with van der Waals surface area (Å²) in [6, 6.07) is 3.59. The molecule has 1 rings (SSSR count). The van der Waals surface area contributed by atoms with Crippen LogP contribution in [0.3, 0.4) is 0 Å². The van der Waals surface area contributed by atoms with Gasteiger partial charge in [0, 0.05) is 12.2 Å². The second kappa shape index (κ2) is 5.94. The van der Waals surface area contributed by atoms with Gasteiger partial charge in [-0.25, -0.2) is 4.79 Å². The van der Waals surface area contributed by atoms with Gasteiger partial charge in [0.15, 0.2) is 0 Å². The average Bonchev–Trinajstić information content (AvgIpc) is 2.31. The number of amides is 2. The highest BCUT2D eigenvalue weighted by molar-refractivity contribution is 5.91. The molecule has 0 heterocycles. The normalized spacial score (nSPS) is 11.1. The lowest BCUT2D eigenvalue weighted by Gasteiger charge is -2.20. The van der Waals surface area contributed by atoms with E-state index < -0.39 is 17.4 Å². The minimum absolute atomic E-state index is 0.0676. The lowest BCUT2D eigenvalue weighted by molar-refractivity contribution is -0.146. The number of benzene rings is 1. The third kappa shape index (κ3) is 3.98. The van der Waals surface area contributed by atoms with Crippen molar-refractivity contribution in [2.24, 2.45) is 5.41 Å². The number of anilines is 1. The third-order valence-corrected chi connectivity index (χ3v) is 3.19. The fourth-order valence-electron chi connectivity index (χ4n) is 1.91. The summed E-state index contributed by atoms with van der Waals surface area (Å²) in [5, 5.41) is 14.4. The maximum atomic E-state index is 11.9. The molecular formula is C15H22N2O3. The molecule has 0 aromatic heterocycles. The molecular weight excluding hydrogens is 256 g/mol. The number of carbonyl (C=O) groups is 2. The molecule has 0 aliphatic rings. The van der Waals surface area contributed by atoms with Crippen molar-refractivity contribution in [1.29, 1.82) is 0 Å². The van der Waals surface area contributed by atoms with E-state index >= 15 is 0 Å². The van der Waals surface area contributed by atoms with Crippen molar-refractivity contribution in [2.75, 3.05) is 11.9 Å². The lowest BCUT2D eigenvalue weighted by atomic mass is 9.94. The van der Waals surface area contributed by atoms with Gasteiger partial charge in [0.05, 0.1) is 5.41 Å². The topological polar surface area (TPSA) is 78.4 Å². The van der Waals surface area contributed by atoms with Gasteiger partial charge in [-0.15, -0.1) is 0 Å². The number of aliphatic carboxylic acids is 1. The van der Waals surface area contributed by atoms with Crippen LogP contribution in [0.4, 0.5) is 10.5 Å². The van der Waals surface area contributed by atoms with Gasteiger partial charge in [0.25, 0.3) is 0 Å². The standard InChI is InChI=1S/C15H22N2O3/c1-9-6-10(2)12(11(3)7-9)17-14(20)16-8-15(4,5)13(18)19/h6-7H,8H2,1-5H3,(H,18,19)(H2,16,17,20). The number of urea groups is 1. The van der Waals surface area contributed by atoms with Crippen LogP contribution in [-0.2, 0) is 4.79 Å². The number of carboxylic acids is 1. The molecule has 5 heteroatoms. The Labute approximate surface area is 119 Å². The van der Waals surface area contributed by atoms with Crippen LogP contribution in [0.25, 0.3) is 0 Å². The highest BCUT2D eigenvalue weighted by Gasteiger charge is 2.27. The van der Waals surface area contributed by atoms with Crippen molar-refractivity contribution in [3.8, 4) is 0 Å². The molecule has 20 heavy (non-hydrogen) atoms. The van der Waals surface area contributed by atoms with Crippen molar-refractivity contribution in [3.63, 3.8) is 0 Å². The van der Waals surface area contributed by atoms with Crippen LogP contribution in [0.2, 0.25) is 0 Å². The second-order valence-electron chi connectivity index (χ2n) is 5.77. The Morgan fingerprint density at radius 1 is 1.15 bits per heavy atom. The summed E-state index contributed by atoms with van der Waals surface area (Å²) in [7, 11) is 0. The quantitative estimate of drug-likeness (QED) is 0.792. The van der Waals surface area contributed by atoms with Gasteiger partial charge in [0.1, 0.15) is 0 Å². The third-order valence-electron chi connectivity index (χ3n) is 3.19. The van der Waals surface area contributed by atoms with E-state index in [1.54, 1.807) is 13.8 Å². The molecule has 0 bridgehead atoms. The summed E-state index contributed by atoms with van der Waals surface area (Å²) in [5.74, 6) is -0.944. The van der Waals surface area contributed by atoms with Gasteiger partial charge >= 0.3 is 12.0 Å². The minimum atomic E-state index is -0.991. The number of hydrogen-bond donors (Lipinski definition) is 3. The Morgan fingerprint density at radius 2 is 1.65 bits per heavy atom. The fraction of sp³-hybridized carbons (Fsp3) is 0.467. The zero-order valence-corrected chi connectivity index (χ0v) is 12.6. The Hall–Kier alpha value is -2.04. The van der Waals surface area contributed by atoms with Gasteiger partial charge in [-0.1, -0.05) is 17.7 Å². The zero-order chi connectivity index (χ0) is 15.5. The Bertz CT molecular complexity index is 513. The van der Waals surface area contributed by atoms with Crippen molar-refractivity contribution in [1.82, 2.24) is 5.32 Å². The average molecular weight is 278 g/mol. The molecule has 1 aromatic rings. The van der Waals surface area contributed by atoms with Gasteiger partial charge in [0.2, 0.25) is 0 Å². The molecule has 0 fully saturated rings. The van der Waals surface area contributed by atoms with Crippen LogP contribution >= 0.6 is 0 Å². The molecule has 110 valence electrons. The number of hydrogen-bond acceptors (Lipinski definition) is 2. The number of rotatable bonds is 4. The van der Waals surface area contributed by atoms with Crippen LogP contribution in [0.1, 0.15) is 30.5 Å². The number of aryl methyl sites for hydroxylation is 3. The maximum absolute atomic E-state index is 11.9. The molecule has 0 radical (unpaired) electrons. The van der Waals surface area contributed by atoms with Gasteiger partial charge in [-0.3, -0.25) is 4.79 Å². The smallest absolute Gasteiger partial charge is 0.319 e. The molecule has 1 aromatic carbocycles. The zero-order valence-electron chi connectivity index (χ0n) is 12.6. The molecule has 5 nitrogen and oxygen atoms in total. The second-order valence-corrected chi connectivity index (χ2v) is 5.77. The van der Waals surface area contributed by atoms with Crippen LogP contribution in [0.15, 0.2) is 12.1 Å². The molecule has 0 saturated carbocycles. The predicted molar refractivity (Wildman–Crippen MR) is 79.1 cm³/mol.